The van der Waals surface area contributed by atoms with Crippen LogP contribution in [0.1, 0.15) is 16.7 Å². The predicted octanol–water partition coefficient (Wildman–Crippen LogP) is 5.44. The normalized spacial score (nSPS) is 11.2. The molecule has 0 atom stereocenters. The van der Waals surface area contributed by atoms with E-state index in [9.17, 15) is 4.39 Å². The molecule has 0 fully saturated rings. The van der Waals surface area contributed by atoms with Crippen LogP contribution in [-0.4, -0.2) is 14.6 Å². The molecule has 3 nitrogen and oxygen atoms in total. The van der Waals surface area contributed by atoms with Gasteiger partial charge in [-0.1, -0.05) is 35.5 Å². The molecule has 130 valence electrons. The number of aryl methyl sites for hydroxylation is 2. The Balaban J connectivity index is 1.65. The summed E-state index contributed by atoms with van der Waals surface area (Å²) in [5, 5.41) is 5.54. The van der Waals surface area contributed by atoms with Gasteiger partial charge in [0.05, 0.1) is 11.2 Å². The lowest BCUT2D eigenvalue weighted by atomic mass is 10.1. The molecule has 2 heterocycles. The van der Waals surface area contributed by atoms with Crippen LogP contribution in [0.4, 0.5) is 4.39 Å². The molecule has 0 saturated carbocycles. The van der Waals surface area contributed by atoms with Crippen molar-refractivity contribution in [2.24, 2.45) is 0 Å². The third kappa shape index (κ3) is 3.35. The fourth-order valence-electron chi connectivity index (χ4n) is 2.87. The van der Waals surface area contributed by atoms with E-state index in [2.05, 4.69) is 42.1 Å². The van der Waals surface area contributed by atoms with Gasteiger partial charge in [0, 0.05) is 23.7 Å². The quantitative estimate of drug-likeness (QED) is 0.452. The molecule has 5 heteroatoms. The highest BCUT2D eigenvalue weighted by Crippen LogP contribution is 2.29. The van der Waals surface area contributed by atoms with Crippen LogP contribution in [0.5, 0.6) is 0 Å². The van der Waals surface area contributed by atoms with Crippen molar-refractivity contribution in [3.05, 3.63) is 83.4 Å². The lowest BCUT2D eigenvalue weighted by molar-refractivity contribution is 0.628. The Morgan fingerprint density at radius 3 is 2.65 bits per heavy atom. The van der Waals surface area contributed by atoms with Gasteiger partial charge in [-0.05, 0) is 55.3 Å². The molecule has 0 radical (unpaired) electrons. The van der Waals surface area contributed by atoms with Gasteiger partial charge in [0.25, 0.3) is 0 Å². The summed E-state index contributed by atoms with van der Waals surface area (Å²) in [6.45, 7) is 4.24. The zero-order valence-electron chi connectivity index (χ0n) is 14.6. The first-order valence-corrected chi connectivity index (χ1v) is 9.38. The fraction of sp³-hybridized carbons (Fsp3) is 0.143. The third-order valence-corrected chi connectivity index (χ3v) is 5.41. The minimum absolute atomic E-state index is 0.246. The Hall–Kier alpha value is -2.66. The summed E-state index contributed by atoms with van der Waals surface area (Å²) in [7, 11) is 0. The summed E-state index contributed by atoms with van der Waals surface area (Å²) in [5.41, 5.74) is 6.53. The average Bonchev–Trinajstić information content (AvgIpc) is 3.08. The van der Waals surface area contributed by atoms with Gasteiger partial charge in [-0.2, -0.15) is 5.10 Å². The number of nitrogens with zero attached hydrogens (tertiary/aromatic N) is 3. The van der Waals surface area contributed by atoms with E-state index in [0.717, 1.165) is 27.6 Å². The van der Waals surface area contributed by atoms with E-state index >= 15 is 0 Å². The van der Waals surface area contributed by atoms with Gasteiger partial charge in [-0.25, -0.2) is 13.9 Å². The monoisotopic (exact) mass is 363 g/mol. The number of thioether (sulfide) groups is 1. The summed E-state index contributed by atoms with van der Waals surface area (Å²) < 4.78 is 15.0. The van der Waals surface area contributed by atoms with E-state index in [4.69, 9.17) is 0 Å². The topological polar surface area (TPSA) is 30.2 Å². The van der Waals surface area contributed by atoms with Crippen LogP contribution >= 0.6 is 11.8 Å². The first kappa shape index (κ1) is 16.8. The molecule has 0 aliphatic heterocycles. The summed E-state index contributed by atoms with van der Waals surface area (Å²) in [6, 6.07) is 14.9. The van der Waals surface area contributed by atoms with Crippen molar-refractivity contribution in [3.8, 4) is 11.3 Å². The van der Waals surface area contributed by atoms with Crippen molar-refractivity contribution in [1.29, 1.82) is 0 Å². The van der Waals surface area contributed by atoms with Crippen molar-refractivity contribution in [2.45, 2.75) is 24.6 Å². The van der Waals surface area contributed by atoms with Gasteiger partial charge in [-0.3, -0.25) is 0 Å². The van der Waals surface area contributed by atoms with Crippen LogP contribution in [-0.2, 0) is 5.75 Å². The number of hydrogen-bond acceptors (Lipinski definition) is 3. The van der Waals surface area contributed by atoms with Crippen LogP contribution in [0.2, 0.25) is 0 Å². The molecule has 0 saturated heterocycles. The van der Waals surface area contributed by atoms with Crippen molar-refractivity contribution in [3.63, 3.8) is 0 Å². The maximum absolute atomic E-state index is 13.2. The second-order valence-electron chi connectivity index (χ2n) is 6.32. The molecule has 0 unspecified atom stereocenters. The fourth-order valence-corrected chi connectivity index (χ4v) is 3.91. The first-order chi connectivity index (χ1) is 12.6. The van der Waals surface area contributed by atoms with E-state index in [0.29, 0.717) is 0 Å². The molecule has 26 heavy (non-hydrogen) atoms. The van der Waals surface area contributed by atoms with E-state index < -0.39 is 0 Å². The third-order valence-electron chi connectivity index (χ3n) is 4.36. The maximum atomic E-state index is 13.2. The molecular formula is C21H18FN3S. The predicted molar refractivity (Wildman–Crippen MR) is 104 cm³/mol. The molecule has 0 spiro atoms. The van der Waals surface area contributed by atoms with Crippen molar-refractivity contribution in [2.75, 3.05) is 0 Å². The Kier molecular flexibility index (Phi) is 4.47. The highest BCUT2D eigenvalue weighted by Gasteiger charge is 2.10. The number of benzene rings is 2. The molecule has 2 aromatic heterocycles. The molecule has 0 aliphatic rings. The van der Waals surface area contributed by atoms with Crippen molar-refractivity contribution >= 4 is 17.3 Å². The lowest BCUT2D eigenvalue weighted by Crippen LogP contribution is -1.93. The van der Waals surface area contributed by atoms with Gasteiger partial charge < -0.3 is 0 Å². The number of fused-ring (bicyclic) bond motifs is 1. The van der Waals surface area contributed by atoms with Crippen LogP contribution in [0, 0.1) is 19.7 Å². The van der Waals surface area contributed by atoms with Gasteiger partial charge in [-0.15, -0.1) is 0 Å². The molecule has 0 amide bonds. The number of halogens is 1. The van der Waals surface area contributed by atoms with Gasteiger partial charge >= 0.3 is 0 Å². The molecule has 0 bridgehead atoms. The maximum Gasteiger partial charge on any atom is 0.123 e. The van der Waals surface area contributed by atoms with E-state index in [1.807, 2.05) is 16.8 Å². The second-order valence-corrected chi connectivity index (χ2v) is 7.28. The zero-order chi connectivity index (χ0) is 18.1. The zero-order valence-corrected chi connectivity index (χ0v) is 15.4. The molecule has 4 aromatic rings. The lowest BCUT2D eigenvalue weighted by Gasteiger charge is -2.07. The van der Waals surface area contributed by atoms with Gasteiger partial charge in [0.2, 0.25) is 0 Å². The molecule has 4 rings (SSSR count). The smallest absolute Gasteiger partial charge is 0.123 e. The summed E-state index contributed by atoms with van der Waals surface area (Å²) in [6.07, 6.45) is 3.60. The van der Waals surface area contributed by atoms with Crippen LogP contribution in [0.3, 0.4) is 0 Å². The molecular weight excluding hydrogens is 345 g/mol. The SMILES string of the molecule is Cc1ccc(C)c(CSc2nccn3nc(-c4ccc(F)cc4)cc23)c1. The Bertz CT molecular complexity index is 1070. The minimum Gasteiger partial charge on any atom is -0.246 e. The highest BCUT2D eigenvalue weighted by molar-refractivity contribution is 7.98. The van der Waals surface area contributed by atoms with E-state index in [-0.39, 0.29) is 5.82 Å². The second kappa shape index (κ2) is 6.92. The number of aromatic nitrogens is 3. The summed E-state index contributed by atoms with van der Waals surface area (Å²) in [5.74, 6) is 0.612. The summed E-state index contributed by atoms with van der Waals surface area (Å²) in [4.78, 5) is 4.54. The van der Waals surface area contributed by atoms with Crippen molar-refractivity contribution in [1.82, 2.24) is 14.6 Å². The van der Waals surface area contributed by atoms with Crippen LogP contribution < -0.4 is 0 Å². The first-order valence-electron chi connectivity index (χ1n) is 8.39. The molecule has 0 N–H and O–H groups in total. The standard InChI is InChI=1S/C21H18FN3S/c1-14-3-4-15(2)17(11-14)13-26-21-20-12-19(24-25(20)10-9-23-21)16-5-7-18(22)8-6-16/h3-12H,13H2,1-2H3. The highest BCUT2D eigenvalue weighted by atomic mass is 32.2. The average molecular weight is 363 g/mol. The largest absolute Gasteiger partial charge is 0.246 e. The Morgan fingerprint density at radius 2 is 1.85 bits per heavy atom. The molecule has 2 aromatic carbocycles. The Morgan fingerprint density at radius 1 is 1.04 bits per heavy atom. The minimum atomic E-state index is -0.246. The summed E-state index contributed by atoms with van der Waals surface area (Å²) >= 11 is 1.70. The van der Waals surface area contributed by atoms with Gasteiger partial charge in [0.1, 0.15) is 10.8 Å². The Labute approximate surface area is 155 Å². The van der Waals surface area contributed by atoms with Crippen LogP contribution in [0.15, 0.2) is 66.0 Å². The van der Waals surface area contributed by atoms with E-state index in [1.54, 1.807) is 30.1 Å². The van der Waals surface area contributed by atoms with E-state index in [1.165, 1.54) is 28.8 Å². The number of rotatable bonds is 4. The molecule has 0 aliphatic carbocycles. The van der Waals surface area contributed by atoms with Gasteiger partial charge in [0.15, 0.2) is 0 Å². The van der Waals surface area contributed by atoms with Crippen LogP contribution in [0.25, 0.3) is 16.8 Å². The van der Waals surface area contributed by atoms with Crippen molar-refractivity contribution < 1.29 is 4.39 Å². The number of hydrogen-bond donors (Lipinski definition) is 0.